The second-order valence-electron chi connectivity index (χ2n) is 7.58. The van der Waals surface area contributed by atoms with Crippen LogP contribution in [0.25, 0.3) is 0 Å². The summed E-state index contributed by atoms with van der Waals surface area (Å²) in [5.41, 5.74) is 0.285. The quantitative estimate of drug-likeness (QED) is 0.719. The first-order valence-electron chi connectivity index (χ1n) is 9.98. The lowest BCUT2D eigenvalue weighted by Crippen LogP contribution is -2.47. The number of anilines is 1. The van der Waals surface area contributed by atoms with Gasteiger partial charge in [0.1, 0.15) is 23.7 Å². The minimum Gasteiger partial charge on any atom is -0.487 e. The van der Waals surface area contributed by atoms with Gasteiger partial charge >= 0.3 is 0 Å². The van der Waals surface area contributed by atoms with Crippen molar-refractivity contribution in [3.8, 4) is 5.75 Å². The summed E-state index contributed by atoms with van der Waals surface area (Å²) in [7, 11) is -3.86. The number of carbonyl (C=O) groups is 1. The fourth-order valence-electron chi connectivity index (χ4n) is 3.84. The molecule has 1 heterocycles. The molecule has 30 heavy (non-hydrogen) atoms. The third-order valence-electron chi connectivity index (χ3n) is 5.63. The molecule has 1 N–H and O–H groups in total. The summed E-state index contributed by atoms with van der Waals surface area (Å²) >= 11 is 0. The van der Waals surface area contributed by atoms with Gasteiger partial charge in [-0.1, -0.05) is 44.2 Å². The predicted molar refractivity (Wildman–Crippen MR) is 114 cm³/mol. The maximum Gasteiger partial charge on any atom is 0.241 e. The lowest BCUT2D eigenvalue weighted by molar-refractivity contribution is -0.121. The van der Waals surface area contributed by atoms with Crippen molar-refractivity contribution < 1.29 is 22.3 Å². The fourth-order valence-corrected chi connectivity index (χ4v) is 4.69. The molecule has 2 aromatic carbocycles. The van der Waals surface area contributed by atoms with E-state index in [2.05, 4.69) is 5.32 Å². The predicted octanol–water partition coefficient (Wildman–Crippen LogP) is 3.79. The molecule has 3 rings (SSSR count). The normalized spacial score (nSPS) is 17.5. The monoisotopic (exact) mass is 434 g/mol. The first-order valence-corrected chi connectivity index (χ1v) is 11.8. The number of carbonyl (C=O) groups excluding carboxylic acids is 1. The van der Waals surface area contributed by atoms with E-state index in [9.17, 15) is 17.6 Å². The highest BCUT2D eigenvalue weighted by atomic mass is 32.2. The molecular formula is C22H27FN2O4S. The van der Waals surface area contributed by atoms with E-state index < -0.39 is 33.9 Å². The summed E-state index contributed by atoms with van der Waals surface area (Å²) in [4.78, 5) is 12.9. The van der Waals surface area contributed by atoms with Gasteiger partial charge in [0, 0.05) is 12.0 Å². The van der Waals surface area contributed by atoms with Crippen LogP contribution >= 0.6 is 0 Å². The fraction of sp³-hybridized carbons (Fsp3) is 0.409. The number of amides is 1. The minimum atomic E-state index is -3.86. The topological polar surface area (TPSA) is 75.7 Å². The Hall–Kier alpha value is -2.61. The van der Waals surface area contributed by atoms with Crippen molar-refractivity contribution in [1.82, 2.24) is 5.32 Å². The van der Waals surface area contributed by atoms with Crippen molar-refractivity contribution in [2.45, 2.75) is 44.8 Å². The number of nitrogens with zero attached hydrogens (tertiary/aromatic N) is 1. The van der Waals surface area contributed by atoms with Gasteiger partial charge in [0.05, 0.1) is 18.0 Å². The molecule has 1 amide bonds. The van der Waals surface area contributed by atoms with Gasteiger partial charge in [-0.25, -0.2) is 12.8 Å². The summed E-state index contributed by atoms with van der Waals surface area (Å²) in [5, 5.41) is 2.94. The van der Waals surface area contributed by atoms with Crippen LogP contribution in [0.4, 0.5) is 10.1 Å². The zero-order chi connectivity index (χ0) is 21.9. The molecule has 0 aromatic heterocycles. The molecule has 0 bridgehead atoms. The van der Waals surface area contributed by atoms with Crippen molar-refractivity contribution in [3.05, 3.63) is 59.9 Å². The van der Waals surface area contributed by atoms with Crippen LogP contribution < -0.4 is 14.4 Å². The summed E-state index contributed by atoms with van der Waals surface area (Å²) in [6.07, 6.45) is 3.07. The second kappa shape index (κ2) is 8.63. The Kier molecular flexibility index (Phi) is 6.36. The van der Waals surface area contributed by atoms with Crippen LogP contribution in [-0.4, -0.2) is 32.7 Å². The summed E-state index contributed by atoms with van der Waals surface area (Å²) in [6.45, 7) is 3.57. The number of halogens is 1. The van der Waals surface area contributed by atoms with E-state index in [4.69, 9.17) is 4.74 Å². The second-order valence-corrected chi connectivity index (χ2v) is 9.48. The number of para-hydroxylation sites is 2. The Labute approximate surface area is 177 Å². The van der Waals surface area contributed by atoms with Gasteiger partial charge in [0.2, 0.25) is 15.9 Å². The largest absolute Gasteiger partial charge is 0.487 e. The van der Waals surface area contributed by atoms with Gasteiger partial charge < -0.3 is 10.1 Å². The number of sulfonamides is 1. The SMILES string of the molecule is CCC1(CC)C[C@@H](NC(=O)CN(c2ccccc2F)S(C)(=O)=O)c2ccccc2O1. The van der Waals surface area contributed by atoms with E-state index in [0.29, 0.717) is 12.2 Å². The third kappa shape index (κ3) is 4.59. The van der Waals surface area contributed by atoms with Crippen LogP contribution in [0.2, 0.25) is 0 Å². The highest BCUT2D eigenvalue weighted by molar-refractivity contribution is 7.92. The zero-order valence-electron chi connectivity index (χ0n) is 17.4. The average Bonchev–Trinajstić information content (AvgIpc) is 2.71. The Balaban J connectivity index is 1.86. The van der Waals surface area contributed by atoms with Gasteiger partial charge in [0.15, 0.2) is 0 Å². The molecule has 0 spiro atoms. The van der Waals surface area contributed by atoms with Gasteiger partial charge in [-0.2, -0.15) is 0 Å². The molecule has 0 fully saturated rings. The number of hydrogen-bond donors (Lipinski definition) is 1. The van der Waals surface area contributed by atoms with Crippen LogP contribution in [-0.2, 0) is 14.8 Å². The lowest BCUT2D eigenvalue weighted by Gasteiger charge is -2.41. The Morgan fingerprint density at radius 1 is 1.17 bits per heavy atom. The number of benzene rings is 2. The van der Waals surface area contributed by atoms with Gasteiger partial charge in [-0.3, -0.25) is 9.10 Å². The van der Waals surface area contributed by atoms with E-state index in [-0.39, 0.29) is 11.7 Å². The van der Waals surface area contributed by atoms with E-state index in [1.807, 2.05) is 38.1 Å². The highest BCUT2D eigenvalue weighted by Gasteiger charge is 2.39. The molecule has 2 aromatic rings. The van der Waals surface area contributed by atoms with Crippen molar-refractivity contribution >= 4 is 21.6 Å². The smallest absolute Gasteiger partial charge is 0.241 e. The molecule has 0 saturated heterocycles. The maximum atomic E-state index is 14.2. The number of nitrogens with one attached hydrogen (secondary N) is 1. The number of rotatable bonds is 7. The number of fused-ring (bicyclic) bond motifs is 1. The van der Waals surface area contributed by atoms with Crippen LogP contribution in [0, 0.1) is 5.82 Å². The first-order chi connectivity index (χ1) is 14.2. The van der Waals surface area contributed by atoms with E-state index >= 15 is 0 Å². The molecule has 6 nitrogen and oxygen atoms in total. The van der Waals surface area contributed by atoms with Gasteiger partial charge in [-0.15, -0.1) is 0 Å². The standard InChI is InChI=1S/C22H27FN2O4S/c1-4-22(5-2)14-18(16-10-6-9-13-20(16)29-22)24-21(26)15-25(30(3,27)28)19-12-8-7-11-17(19)23/h6-13,18H,4-5,14-15H2,1-3H3,(H,24,26)/t18-/m1/s1. The third-order valence-corrected chi connectivity index (χ3v) is 6.76. The van der Waals surface area contributed by atoms with E-state index in [0.717, 1.165) is 35.0 Å². The zero-order valence-corrected chi connectivity index (χ0v) is 18.2. The Morgan fingerprint density at radius 2 is 1.80 bits per heavy atom. The van der Waals surface area contributed by atoms with Crippen molar-refractivity contribution in [3.63, 3.8) is 0 Å². The van der Waals surface area contributed by atoms with Crippen molar-refractivity contribution in [1.29, 1.82) is 0 Å². The Morgan fingerprint density at radius 3 is 2.43 bits per heavy atom. The van der Waals surface area contributed by atoms with E-state index in [1.165, 1.54) is 18.2 Å². The molecule has 1 aliphatic heterocycles. The van der Waals surface area contributed by atoms with E-state index in [1.54, 1.807) is 0 Å². The lowest BCUT2D eigenvalue weighted by atomic mass is 9.83. The molecule has 8 heteroatoms. The van der Waals surface area contributed by atoms with Crippen LogP contribution in [0.5, 0.6) is 5.75 Å². The Bertz CT molecular complexity index is 1020. The van der Waals surface area contributed by atoms with Gasteiger partial charge in [-0.05, 0) is 31.0 Å². The van der Waals surface area contributed by atoms with Crippen molar-refractivity contribution in [2.24, 2.45) is 0 Å². The molecular weight excluding hydrogens is 407 g/mol. The highest BCUT2D eigenvalue weighted by Crippen LogP contribution is 2.42. The van der Waals surface area contributed by atoms with Crippen LogP contribution in [0.1, 0.15) is 44.7 Å². The molecule has 0 saturated carbocycles. The summed E-state index contributed by atoms with van der Waals surface area (Å²) in [5.74, 6) is -0.499. The molecule has 0 radical (unpaired) electrons. The van der Waals surface area contributed by atoms with Crippen LogP contribution in [0.3, 0.4) is 0 Å². The number of ether oxygens (including phenoxy) is 1. The number of hydrogen-bond acceptors (Lipinski definition) is 4. The summed E-state index contributed by atoms with van der Waals surface area (Å²) < 4.78 is 45.8. The first kappa shape index (κ1) is 22.1. The molecule has 162 valence electrons. The molecule has 0 aliphatic carbocycles. The minimum absolute atomic E-state index is 0.154. The van der Waals surface area contributed by atoms with Crippen molar-refractivity contribution in [2.75, 3.05) is 17.1 Å². The molecule has 1 aliphatic rings. The maximum absolute atomic E-state index is 14.2. The van der Waals surface area contributed by atoms with Crippen LogP contribution in [0.15, 0.2) is 48.5 Å². The van der Waals surface area contributed by atoms with Gasteiger partial charge in [0.25, 0.3) is 0 Å². The average molecular weight is 435 g/mol. The molecule has 1 atom stereocenters. The summed E-state index contributed by atoms with van der Waals surface area (Å²) in [6, 6.07) is 12.7. The molecule has 0 unspecified atom stereocenters.